The van der Waals surface area contributed by atoms with Gasteiger partial charge in [0, 0.05) is 17.5 Å². The molecule has 0 atom stereocenters. The van der Waals surface area contributed by atoms with Gasteiger partial charge in [0.05, 0.1) is 19.8 Å². The normalized spacial score (nSPS) is 14.4. The zero-order valence-corrected chi connectivity index (χ0v) is 29.9. The van der Waals surface area contributed by atoms with Gasteiger partial charge in [-0.3, -0.25) is 4.79 Å². The molecule has 0 radical (unpaired) electrons. The Kier molecular flexibility index (Phi) is 18.4. The van der Waals surface area contributed by atoms with Crippen molar-refractivity contribution in [3.8, 4) is 5.75 Å². The second-order valence-electron chi connectivity index (χ2n) is 14.5. The summed E-state index contributed by atoms with van der Waals surface area (Å²) in [5.41, 5.74) is 3.13. The average Bonchev–Trinajstić information content (AvgIpc) is 3.46. The fraction of sp³-hybridized carbons (Fsp3) is 0.811. The van der Waals surface area contributed by atoms with Crippen molar-refractivity contribution in [2.75, 3.05) is 19.8 Å². The zero-order valence-electron chi connectivity index (χ0n) is 29.0. The molecule has 0 amide bonds. The van der Waals surface area contributed by atoms with Crippen LogP contribution in [-0.2, 0) is 35.8 Å². The summed E-state index contributed by atoms with van der Waals surface area (Å²) in [5, 5.41) is 0. The summed E-state index contributed by atoms with van der Waals surface area (Å²) in [6, 6.07) is 4.39. The van der Waals surface area contributed by atoms with Crippen LogP contribution in [0, 0.1) is 0 Å². The largest absolute Gasteiger partial charge is 0.466 e. The van der Waals surface area contributed by atoms with Crippen LogP contribution in [0.5, 0.6) is 5.75 Å². The van der Waals surface area contributed by atoms with Crippen LogP contribution in [0.15, 0.2) is 12.1 Å². The third-order valence-corrected chi connectivity index (χ3v) is 9.40. The van der Waals surface area contributed by atoms with Crippen LogP contribution in [0.3, 0.4) is 0 Å². The predicted molar refractivity (Wildman–Crippen MR) is 182 cm³/mol. The molecule has 43 heavy (non-hydrogen) atoms. The van der Waals surface area contributed by atoms with Gasteiger partial charge in [0.15, 0.2) is 0 Å². The summed E-state index contributed by atoms with van der Waals surface area (Å²) in [7, 11) is -1.37. The maximum absolute atomic E-state index is 12.6. The van der Waals surface area contributed by atoms with Gasteiger partial charge in [0.2, 0.25) is 0 Å². The Morgan fingerprint density at radius 2 is 1.12 bits per heavy atom. The molecule has 1 fully saturated rings. The molecule has 248 valence electrons. The molecule has 0 aromatic heterocycles. The number of aryl methyl sites for hydroxylation is 1. The minimum Gasteiger partial charge on any atom is -0.466 e. The quantitative estimate of drug-likeness (QED) is 0.0733. The second-order valence-corrected chi connectivity index (χ2v) is 15.7. The van der Waals surface area contributed by atoms with Crippen molar-refractivity contribution >= 4 is 14.6 Å². The number of carbonyl (C=O) groups is 1. The highest BCUT2D eigenvalue weighted by Gasteiger charge is 2.32. The number of unbranched alkanes of at least 4 members (excludes halogenated alkanes) is 15. The van der Waals surface area contributed by atoms with E-state index < -0.39 is 8.60 Å². The maximum atomic E-state index is 12.6. The van der Waals surface area contributed by atoms with Crippen molar-refractivity contribution in [2.45, 2.75) is 175 Å². The SMILES string of the molecule is CCCCCCCCCCCCCCCCCCOC(=O)CCc1cc(C(C)(C)C)c(OP2OCCO2)c(C(C)(C)C)c1. The Morgan fingerprint density at radius 3 is 1.53 bits per heavy atom. The van der Waals surface area contributed by atoms with Gasteiger partial charge in [-0.05, 0) is 29.2 Å². The number of carbonyl (C=O) groups excluding carboxylic acids is 1. The highest BCUT2D eigenvalue weighted by Crippen LogP contribution is 2.50. The molecule has 1 aliphatic rings. The van der Waals surface area contributed by atoms with Crippen molar-refractivity contribution in [3.63, 3.8) is 0 Å². The Morgan fingerprint density at radius 1 is 0.698 bits per heavy atom. The molecular formula is C37H65O5P. The van der Waals surface area contributed by atoms with E-state index in [-0.39, 0.29) is 16.8 Å². The molecular weight excluding hydrogens is 555 g/mol. The number of ether oxygens (including phenoxy) is 1. The van der Waals surface area contributed by atoms with Crippen molar-refractivity contribution in [1.82, 2.24) is 0 Å². The number of benzene rings is 1. The Hall–Kier alpha value is -1.16. The smallest absolute Gasteiger partial charge is 0.397 e. The van der Waals surface area contributed by atoms with Crippen LogP contribution in [-0.4, -0.2) is 25.8 Å². The summed E-state index contributed by atoms with van der Waals surface area (Å²) in [6.07, 6.45) is 22.5. The summed E-state index contributed by atoms with van der Waals surface area (Å²) in [4.78, 5) is 12.6. The van der Waals surface area contributed by atoms with Crippen LogP contribution in [0.2, 0.25) is 0 Å². The molecule has 5 nitrogen and oxygen atoms in total. The molecule has 0 N–H and O–H groups in total. The van der Waals surface area contributed by atoms with Crippen LogP contribution in [0.25, 0.3) is 0 Å². The molecule has 0 unspecified atom stereocenters. The molecule has 6 heteroatoms. The summed E-state index contributed by atoms with van der Waals surface area (Å²) in [5.74, 6) is 0.759. The number of esters is 1. The van der Waals surface area contributed by atoms with Gasteiger partial charge in [-0.15, -0.1) is 0 Å². The number of hydrogen-bond donors (Lipinski definition) is 0. The van der Waals surface area contributed by atoms with E-state index in [1.54, 1.807) is 0 Å². The van der Waals surface area contributed by atoms with Gasteiger partial charge in [0.1, 0.15) is 5.75 Å². The van der Waals surface area contributed by atoms with Crippen molar-refractivity contribution in [1.29, 1.82) is 0 Å². The lowest BCUT2D eigenvalue weighted by atomic mass is 9.78. The van der Waals surface area contributed by atoms with E-state index in [0.29, 0.717) is 32.7 Å². The lowest BCUT2D eigenvalue weighted by molar-refractivity contribution is -0.143. The first kappa shape index (κ1) is 38.0. The molecule has 1 aromatic carbocycles. The van der Waals surface area contributed by atoms with Crippen LogP contribution >= 0.6 is 8.60 Å². The fourth-order valence-electron chi connectivity index (χ4n) is 5.59. The predicted octanol–water partition coefficient (Wildman–Crippen LogP) is 11.7. The van der Waals surface area contributed by atoms with E-state index in [1.807, 2.05) is 0 Å². The number of hydrogen-bond acceptors (Lipinski definition) is 5. The molecule has 1 saturated heterocycles. The van der Waals surface area contributed by atoms with Gasteiger partial charge in [0.25, 0.3) is 0 Å². The molecule has 2 rings (SSSR count). The first-order valence-electron chi connectivity index (χ1n) is 17.6. The maximum Gasteiger partial charge on any atom is 0.397 e. The van der Waals surface area contributed by atoms with Gasteiger partial charge >= 0.3 is 14.6 Å². The van der Waals surface area contributed by atoms with Gasteiger partial charge in [-0.2, -0.15) is 0 Å². The third kappa shape index (κ3) is 16.1. The monoisotopic (exact) mass is 620 g/mol. The third-order valence-electron chi connectivity index (χ3n) is 8.29. The van der Waals surface area contributed by atoms with Crippen LogP contribution in [0.1, 0.15) is 174 Å². The lowest BCUT2D eigenvalue weighted by Crippen LogP contribution is -2.20. The van der Waals surface area contributed by atoms with Gasteiger partial charge in [-0.25, -0.2) is 0 Å². The van der Waals surface area contributed by atoms with Crippen LogP contribution in [0.4, 0.5) is 0 Å². The van der Waals surface area contributed by atoms with Gasteiger partial charge in [-0.1, -0.05) is 157 Å². The van der Waals surface area contributed by atoms with Crippen molar-refractivity contribution < 1.29 is 23.1 Å². The molecule has 1 heterocycles. The standard InChI is InChI=1S/C37H65O5P/c1-8-9-10-11-12-13-14-15-16-17-18-19-20-21-22-23-26-39-34(38)25-24-31-29-32(36(2,3)4)35(33(30-31)37(5,6)7)42-43-40-27-28-41-43/h29-30H,8-28H2,1-7H3. The lowest BCUT2D eigenvalue weighted by Gasteiger charge is -2.31. The highest BCUT2D eigenvalue weighted by atomic mass is 31.2. The Balaban J connectivity index is 1.64. The Labute approximate surface area is 266 Å². The van der Waals surface area contributed by atoms with E-state index in [4.69, 9.17) is 18.3 Å². The Bertz CT molecular complexity index is 860. The van der Waals surface area contributed by atoms with Gasteiger partial charge < -0.3 is 18.3 Å². The van der Waals surface area contributed by atoms with E-state index in [0.717, 1.165) is 35.3 Å². The van der Waals surface area contributed by atoms with E-state index in [1.165, 1.54) is 89.9 Å². The van der Waals surface area contributed by atoms with Crippen molar-refractivity contribution in [3.05, 3.63) is 28.8 Å². The van der Waals surface area contributed by atoms with Crippen LogP contribution < -0.4 is 4.52 Å². The average molecular weight is 621 g/mol. The number of rotatable bonds is 22. The topological polar surface area (TPSA) is 54.0 Å². The summed E-state index contributed by atoms with van der Waals surface area (Å²) >= 11 is 0. The van der Waals surface area contributed by atoms with E-state index in [9.17, 15) is 4.79 Å². The first-order valence-corrected chi connectivity index (χ1v) is 18.7. The summed E-state index contributed by atoms with van der Waals surface area (Å²) in [6.45, 7) is 17.1. The molecule has 0 bridgehead atoms. The molecule has 0 aliphatic carbocycles. The minimum atomic E-state index is -1.37. The fourth-order valence-corrected chi connectivity index (χ4v) is 6.56. The van der Waals surface area contributed by atoms with Crippen molar-refractivity contribution in [2.24, 2.45) is 0 Å². The molecule has 0 saturated carbocycles. The molecule has 0 spiro atoms. The minimum absolute atomic E-state index is 0.105. The molecule has 1 aromatic rings. The summed E-state index contributed by atoms with van der Waals surface area (Å²) < 4.78 is 23.3. The van der Waals surface area contributed by atoms with E-state index in [2.05, 4.69) is 60.6 Å². The molecule has 1 aliphatic heterocycles. The van der Waals surface area contributed by atoms with E-state index >= 15 is 0 Å². The highest BCUT2D eigenvalue weighted by molar-refractivity contribution is 7.42. The first-order chi connectivity index (χ1) is 20.5. The second kappa shape index (κ2) is 20.8. The zero-order chi connectivity index (χ0) is 31.6.